The molecule has 1 atom stereocenters. The molecule has 4 heterocycles. The van der Waals surface area contributed by atoms with Crippen LogP contribution in [0.15, 0.2) is 24.4 Å². The summed E-state index contributed by atoms with van der Waals surface area (Å²) >= 11 is 0. The summed E-state index contributed by atoms with van der Waals surface area (Å²) in [5, 5.41) is 0. The van der Waals surface area contributed by atoms with Crippen LogP contribution in [0.4, 0.5) is 0 Å². The van der Waals surface area contributed by atoms with Crippen LogP contribution in [0.1, 0.15) is 31.9 Å². The van der Waals surface area contributed by atoms with E-state index in [0.717, 1.165) is 51.1 Å². The lowest BCUT2D eigenvalue weighted by atomic mass is 9.60. The Kier molecular flexibility index (Phi) is 5.00. The highest BCUT2D eigenvalue weighted by Crippen LogP contribution is 2.58. The largest absolute Gasteiger partial charge is 0.342 e. The Bertz CT molecular complexity index is 836. The highest BCUT2D eigenvalue weighted by Gasteiger charge is 2.66. The van der Waals surface area contributed by atoms with Crippen LogP contribution in [0, 0.1) is 10.8 Å². The minimum Gasteiger partial charge on any atom is -0.342 e. The fourth-order valence-electron chi connectivity index (χ4n) is 5.52. The van der Waals surface area contributed by atoms with Gasteiger partial charge in [0.15, 0.2) is 0 Å². The number of sulfonamides is 1. The summed E-state index contributed by atoms with van der Waals surface area (Å²) in [7, 11) is -3.31. The van der Waals surface area contributed by atoms with Crippen LogP contribution >= 0.6 is 0 Å². The van der Waals surface area contributed by atoms with Crippen molar-refractivity contribution in [2.24, 2.45) is 10.8 Å². The second-order valence-electron chi connectivity index (χ2n) is 8.63. The van der Waals surface area contributed by atoms with Crippen molar-refractivity contribution in [1.29, 1.82) is 0 Å². The van der Waals surface area contributed by atoms with Crippen LogP contribution in [-0.4, -0.2) is 78.9 Å². The molecule has 0 aliphatic carbocycles. The molecule has 7 nitrogen and oxygen atoms in total. The number of nitrogens with zero attached hydrogens (tertiary/aromatic N) is 4. The van der Waals surface area contributed by atoms with Crippen molar-refractivity contribution in [3.05, 3.63) is 30.1 Å². The van der Waals surface area contributed by atoms with E-state index in [0.29, 0.717) is 19.6 Å². The molecule has 3 aliphatic rings. The van der Waals surface area contributed by atoms with Gasteiger partial charge in [-0.2, -0.15) is 0 Å². The summed E-state index contributed by atoms with van der Waals surface area (Å²) in [5.41, 5.74) is 0.243. The number of likely N-dealkylation sites (tertiary alicyclic amines) is 2. The van der Waals surface area contributed by atoms with Crippen LogP contribution < -0.4 is 0 Å². The number of piperidine rings is 1. The van der Waals surface area contributed by atoms with E-state index in [2.05, 4.69) is 9.88 Å². The quantitative estimate of drug-likeness (QED) is 0.751. The summed E-state index contributed by atoms with van der Waals surface area (Å²) in [4.78, 5) is 22.1. The molecule has 4 rings (SSSR count). The third kappa shape index (κ3) is 3.15. The molecule has 0 unspecified atom stereocenters. The van der Waals surface area contributed by atoms with E-state index < -0.39 is 15.4 Å². The van der Waals surface area contributed by atoms with Gasteiger partial charge in [-0.25, -0.2) is 12.7 Å². The predicted molar refractivity (Wildman–Crippen MR) is 107 cm³/mol. The molecular formula is C20H30N4O3S. The average molecular weight is 407 g/mol. The standard InChI is InChI=1S/C20H30N4O3S/c1-3-23-13-9-20(18(23)25)16-24(28(2,26)27)15-19(20)7-11-22(12-8-19)14-17-6-4-5-10-21-17/h4-6,10H,3,7-9,11-16H2,1-2H3/t20-/m0/s1. The first-order valence-corrected chi connectivity index (χ1v) is 12.0. The first-order chi connectivity index (χ1) is 13.3. The molecule has 3 saturated heterocycles. The van der Waals surface area contributed by atoms with Crippen LogP contribution in [0.25, 0.3) is 0 Å². The van der Waals surface area contributed by atoms with Gasteiger partial charge in [-0.1, -0.05) is 6.07 Å². The monoisotopic (exact) mass is 406 g/mol. The van der Waals surface area contributed by atoms with E-state index in [-0.39, 0.29) is 11.3 Å². The van der Waals surface area contributed by atoms with E-state index >= 15 is 0 Å². The van der Waals surface area contributed by atoms with E-state index in [4.69, 9.17) is 0 Å². The van der Waals surface area contributed by atoms with E-state index in [9.17, 15) is 13.2 Å². The van der Waals surface area contributed by atoms with Gasteiger partial charge < -0.3 is 4.90 Å². The summed E-state index contributed by atoms with van der Waals surface area (Å²) in [5.74, 6) is 0.166. The first-order valence-electron chi connectivity index (χ1n) is 10.2. The zero-order valence-electron chi connectivity index (χ0n) is 16.8. The van der Waals surface area contributed by atoms with Crippen molar-refractivity contribution in [3.63, 3.8) is 0 Å². The van der Waals surface area contributed by atoms with Gasteiger partial charge in [0.2, 0.25) is 15.9 Å². The maximum atomic E-state index is 13.4. The molecule has 0 bridgehead atoms. The molecule has 0 radical (unpaired) electrons. The molecule has 8 heteroatoms. The number of hydrogen-bond acceptors (Lipinski definition) is 5. The highest BCUT2D eigenvalue weighted by molar-refractivity contribution is 7.88. The molecule has 3 aliphatic heterocycles. The molecule has 0 aromatic carbocycles. The number of fused-ring (bicyclic) bond motifs is 1. The van der Waals surface area contributed by atoms with Gasteiger partial charge in [0, 0.05) is 44.3 Å². The van der Waals surface area contributed by atoms with Gasteiger partial charge in [-0.15, -0.1) is 0 Å². The van der Waals surface area contributed by atoms with E-state index in [1.165, 1.54) is 6.26 Å². The zero-order valence-corrected chi connectivity index (χ0v) is 17.6. The lowest BCUT2D eigenvalue weighted by Gasteiger charge is -2.47. The molecule has 1 amide bonds. The number of amides is 1. The molecule has 154 valence electrons. The van der Waals surface area contributed by atoms with Crippen molar-refractivity contribution < 1.29 is 13.2 Å². The Morgan fingerprint density at radius 3 is 2.43 bits per heavy atom. The molecule has 3 fully saturated rings. The Morgan fingerprint density at radius 1 is 1.11 bits per heavy atom. The van der Waals surface area contributed by atoms with Crippen molar-refractivity contribution in [3.8, 4) is 0 Å². The Labute approximate surface area is 167 Å². The third-order valence-corrected chi connectivity index (χ3v) is 8.42. The van der Waals surface area contributed by atoms with Crippen molar-refractivity contribution in [2.75, 3.05) is 45.5 Å². The third-order valence-electron chi connectivity index (χ3n) is 7.22. The predicted octanol–water partition coefficient (Wildman–Crippen LogP) is 1.18. The van der Waals surface area contributed by atoms with Crippen molar-refractivity contribution in [2.45, 2.75) is 32.7 Å². The summed E-state index contributed by atoms with van der Waals surface area (Å²) in [6.45, 7) is 6.81. The summed E-state index contributed by atoms with van der Waals surface area (Å²) < 4.78 is 26.3. The maximum absolute atomic E-state index is 13.4. The Morgan fingerprint density at radius 2 is 1.86 bits per heavy atom. The minimum absolute atomic E-state index is 0.166. The minimum atomic E-state index is -3.31. The number of pyridine rings is 1. The van der Waals surface area contributed by atoms with Gasteiger partial charge in [0.1, 0.15) is 0 Å². The van der Waals surface area contributed by atoms with Crippen LogP contribution in [0.3, 0.4) is 0 Å². The SMILES string of the molecule is CCN1CC[C@]2(CN(S(C)(=O)=O)CC23CCN(Cc2ccccn2)CC3)C1=O. The van der Waals surface area contributed by atoms with Crippen LogP contribution in [0.5, 0.6) is 0 Å². The Hall–Kier alpha value is -1.51. The van der Waals surface area contributed by atoms with Gasteiger partial charge in [0.25, 0.3) is 0 Å². The van der Waals surface area contributed by atoms with Crippen molar-refractivity contribution in [1.82, 2.24) is 19.1 Å². The number of hydrogen-bond donors (Lipinski definition) is 0. The topological polar surface area (TPSA) is 73.8 Å². The Balaban J connectivity index is 1.57. The zero-order chi connectivity index (χ0) is 20.0. The molecule has 1 aromatic heterocycles. The van der Waals surface area contributed by atoms with Gasteiger partial charge in [0.05, 0.1) is 17.4 Å². The number of carbonyl (C=O) groups is 1. The van der Waals surface area contributed by atoms with Crippen LogP contribution in [-0.2, 0) is 21.4 Å². The first kappa shape index (κ1) is 19.8. The lowest BCUT2D eigenvalue weighted by molar-refractivity contribution is -0.142. The second-order valence-corrected chi connectivity index (χ2v) is 10.6. The smallest absolute Gasteiger partial charge is 0.230 e. The van der Waals surface area contributed by atoms with Gasteiger partial charge in [-0.3, -0.25) is 14.7 Å². The maximum Gasteiger partial charge on any atom is 0.230 e. The molecule has 0 saturated carbocycles. The number of carbonyl (C=O) groups excluding carboxylic acids is 1. The molecule has 0 N–H and O–H groups in total. The average Bonchev–Trinajstić information content (AvgIpc) is 3.17. The molecular weight excluding hydrogens is 376 g/mol. The molecule has 28 heavy (non-hydrogen) atoms. The van der Waals surface area contributed by atoms with Gasteiger partial charge in [-0.05, 0) is 51.4 Å². The van der Waals surface area contributed by atoms with Crippen molar-refractivity contribution >= 4 is 15.9 Å². The number of rotatable bonds is 4. The fourth-order valence-corrected chi connectivity index (χ4v) is 6.46. The van der Waals surface area contributed by atoms with E-state index in [1.54, 1.807) is 4.31 Å². The van der Waals surface area contributed by atoms with Gasteiger partial charge >= 0.3 is 0 Å². The highest BCUT2D eigenvalue weighted by atomic mass is 32.2. The lowest BCUT2D eigenvalue weighted by Crippen LogP contribution is -2.52. The van der Waals surface area contributed by atoms with Crippen LogP contribution in [0.2, 0.25) is 0 Å². The fraction of sp³-hybridized carbons (Fsp3) is 0.700. The molecule has 1 aromatic rings. The summed E-state index contributed by atoms with van der Waals surface area (Å²) in [6, 6.07) is 5.95. The normalized spacial score (nSPS) is 28.6. The second kappa shape index (κ2) is 7.07. The molecule has 2 spiro atoms. The van der Waals surface area contributed by atoms with E-state index in [1.807, 2.05) is 36.2 Å². The number of aromatic nitrogens is 1. The summed E-state index contributed by atoms with van der Waals surface area (Å²) in [6.07, 6.45) is 5.57.